The topological polar surface area (TPSA) is 64.4 Å². The molecular formula is C21H24F3N3O3. The number of aromatic nitrogens is 2. The van der Waals surface area contributed by atoms with Crippen LogP contribution in [0.1, 0.15) is 55.6 Å². The van der Waals surface area contributed by atoms with Gasteiger partial charge in [-0.2, -0.15) is 18.3 Å². The Bertz CT molecular complexity index is 924. The smallest absolute Gasteiger partial charge is 0.416 e. The summed E-state index contributed by atoms with van der Waals surface area (Å²) in [6, 6.07) is 3.03. The molecule has 2 heterocycles. The summed E-state index contributed by atoms with van der Waals surface area (Å²) in [6.07, 6.45) is 0.0698. The number of hydrogen-bond acceptors (Lipinski definition) is 4. The van der Waals surface area contributed by atoms with E-state index >= 15 is 0 Å². The van der Waals surface area contributed by atoms with Crippen molar-refractivity contribution in [2.24, 2.45) is 0 Å². The van der Waals surface area contributed by atoms with E-state index in [1.165, 1.54) is 12.3 Å². The maximum absolute atomic E-state index is 13.1. The van der Waals surface area contributed by atoms with Crippen LogP contribution in [0.4, 0.5) is 18.0 Å². The lowest BCUT2D eigenvalue weighted by molar-refractivity contribution is -0.137. The van der Waals surface area contributed by atoms with E-state index in [0.29, 0.717) is 37.8 Å². The molecule has 9 heteroatoms. The summed E-state index contributed by atoms with van der Waals surface area (Å²) in [6.45, 7) is 6.43. The SMILES string of the molecule is CC(C)(C)OC(=O)N1CCC(n2cc(-c3cc(C(F)(F)F)ccc3C=O)cn2)CC1. The predicted molar refractivity (Wildman–Crippen MR) is 104 cm³/mol. The fourth-order valence-corrected chi connectivity index (χ4v) is 3.40. The Labute approximate surface area is 172 Å². The molecule has 0 bridgehead atoms. The third-order valence-electron chi connectivity index (χ3n) is 4.91. The molecule has 1 amide bonds. The van der Waals surface area contributed by atoms with Gasteiger partial charge in [0.05, 0.1) is 17.8 Å². The quantitative estimate of drug-likeness (QED) is 0.655. The highest BCUT2D eigenvalue weighted by Gasteiger charge is 2.32. The summed E-state index contributed by atoms with van der Waals surface area (Å²) in [4.78, 5) is 25.1. The molecule has 1 aromatic heterocycles. The van der Waals surface area contributed by atoms with Crippen LogP contribution in [0.5, 0.6) is 0 Å². The average Bonchev–Trinajstić information content (AvgIpc) is 3.15. The lowest BCUT2D eigenvalue weighted by Crippen LogP contribution is -2.42. The van der Waals surface area contributed by atoms with Gasteiger partial charge in [0.1, 0.15) is 5.60 Å². The molecule has 1 aliphatic heterocycles. The van der Waals surface area contributed by atoms with Crippen molar-refractivity contribution < 1.29 is 27.5 Å². The maximum atomic E-state index is 13.1. The third kappa shape index (κ3) is 5.01. The second kappa shape index (κ2) is 8.12. The van der Waals surface area contributed by atoms with E-state index in [2.05, 4.69) is 5.10 Å². The highest BCUT2D eigenvalue weighted by Crippen LogP contribution is 2.34. The Hall–Kier alpha value is -2.84. The number of carbonyl (C=O) groups is 2. The number of amides is 1. The van der Waals surface area contributed by atoms with Gasteiger partial charge in [0.2, 0.25) is 0 Å². The Balaban J connectivity index is 1.74. The Morgan fingerprint density at radius 3 is 2.43 bits per heavy atom. The van der Waals surface area contributed by atoms with Gasteiger partial charge in [0.25, 0.3) is 0 Å². The highest BCUT2D eigenvalue weighted by atomic mass is 19.4. The lowest BCUT2D eigenvalue weighted by Gasteiger charge is -2.33. The zero-order valence-electron chi connectivity index (χ0n) is 17.1. The second-order valence-corrected chi connectivity index (χ2v) is 8.33. The van der Waals surface area contributed by atoms with Crippen LogP contribution in [0.3, 0.4) is 0 Å². The van der Waals surface area contributed by atoms with E-state index in [0.717, 1.165) is 12.1 Å². The molecule has 162 valence electrons. The number of aldehydes is 1. The zero-order chi connectivity index (χ0) is 22.1. The van der Waals surface area contributed by atoms with Gasteiger partial charge >= 0.3 is 12.3 Å². The first-order chi connectivity index (χ1) is 14.0. The van der Waals surface area contributed by atoms with Crippen LogP contribution in [-0.4, -0.2) is 45.8 Å². The van der Waals surface area contributed by atoms with Crippen LogP contribution in [-0.2, 0) is 10.9 Å². The molecule has 1 saturated heterocycles. The van der Waals surface area contributed by atoms with Crippen molar-refractivity contribution in [3.05, 3.63) is 41.7 Å². The van der Waals surface area contributed by atoms with E-state index < -0.39 is 17.3 Å². The first-order valence-corrected chi connectivity index (χ1v) is 9.67. The summed E-state index contributed by atoms with van der Waals surface area (Å²) >= 11 is 0. The molecule has 0 atom stereocenters. The standard InChI is InChI=1S/C21H24F3N3O3/c1-20(2,3)30-19(29)26-8-6-17(7-9-26)27-12-15(11-25-27)18-10-16(21(22,23)24)5-4-14(18)13-28/h4-5,10-13,17H,6-9H2,1-3H3. The van der Waals surface area contributed by atoms with E-state index in [9.17, 15) is 22.8 Å². The fourth-order valence-electron chi connectivity index (χ4n) is 3.40. The molecule has 0 saturated carbocycles. The van der Waals surface area contributed by atoms with Crippen molar-refractivity contribution in [1.29, 1.82) is 0 Å². The summed E-state index contributed by atoms with van der Waals surface area (Å²) in [5, 5.41) is 4.30. The monoisotopic (exact) mass is 423 g/mol. The second-order valence-electron chi connectivity index (χ2n) is 8.33. The fraction of sp³-hybridized carbons (Fsp3) is 0.476. The van der Waals surface area contributed by atoms with Gasteiger partial charge in [0.15, 0.2) is 6.29 Å². The molecule has 0 unspecified atom stereocenters. The van der Waals surface area contributed by atoms with Crippen molar-refractivity contribution in [1.82, 2.24) is 14.7 Å². The van der Waals surface area contributed by atoms with Gasteiger partial charge in [-0.1, -0.05) is 6.07 Å². The van der Waals surface area contributed by atoms with Crippen molar-refractivity contribution in [3.63, 3.8) is 0 Å². The molecule has 3 rings (SSSR count). The van der Waals surface area contributed by atoms with Gasteiger partial charge < -0.3 is 9.64 Å². The van der Waals surface area contributed by atoms with Crippen LogP contribution in [0.2, 0.25) is 0 Å². The Morgan fingerprint density at radius 2 is 1.87 bits per heavy atom. The normalized spacial score (nSPS) is 15.9. The Morgan fingerprint density at radius 1 is 1.20 bits per heavy atom. The van der Waals surface area contributed by atoms with Crippen molar-refractivity contribution >= 4 is 12.4 Å². The minimum Gasteiger partial charge on any atom is -0.444 e. The number of nitrogens with zero attached hydrogens (tertiary/aromatic N) is 3. The largest absolute Gasteiger partial charge is 0.444 e. The predicted octanol–water partition coefficient (Wildman–Crippen LogP) is 4.95. The van der Waals surface area contributed by atoms with Gasteiger partial charge in [-0.25, -0.2) is 4.79 Å². The van der Waals surface area contributed by atoms with Crippen LogP contribution in [0, 0.1) is 0 Å². The van der Waals surface area contributed by atoms with Crippen LogP contribution in [0.25, 0.3) is 11.1 Å². The molecule has 0 radical (unpaired) electrons. The number of likely N-dealkylation sites (tertiary alicyclic amines) is 1. The Kier molecular flexibility index (Phi) is 5.92. The van der Waals surface area contributed by atoms with Crippen LogP contribution in [0.15, 0.2) is 30.6 Å². The van der Waals surface area contributed by atoms with Crippen LogP contribution < -0.4 is 0 Å². The molecule has 1 aliphatic rings. The lowest BCUT2D eigenvalue weighted by atomic mass is 10.00. The first kappa shape index (κ1) is 21.9. The molecule has 30 heavy (non-hydrogen) atoms. The molecule has 6 nitrogen and oxygen atoms in total. The van der Waals surface area contributed by atoms with Crippen LogP contribution >= 0.6 is 0 Å². The highest BCUT2D eigenvalue weighted by molar-refractivity contribution is 5.87. The average molecular weight is 423 g/mol. The summed E-state index contributed by atoms with van der Waals surface area (Å²) in [5.41, 5.74) is -0.578. The number of benzene rings is 1. The van der Waals surface area contributed by atoms with Crippen molar-refractivity contribution in [3.8, 4) is 11.1 Å². The van der Waals surface area contributed by atoms with Gasteiger partial charge in [0, 0.05) is 30.4 Å². The van der Waals surface area contributed by atoms with Gasteiger partial charge in [-0.05, 0) is 51.3 Å². The first-order valence-electron chi connectivity index (χ1n) is 9.67. The van der Waals surface area contributed by atoms with Gasteiger partial charge in [-0.3, -0.25) is 9.48 Å². The molecule has 1 aromatic carbocycles. The molecular weight excluding hydrogens is 399 g/mol. The summed E-state index contributed by atoms with van der Waals surface area (Å²) in [7, 11) is 0. The van der Waals surface area contributed by atoms with Crippen molar-refractivity contribution in [2.45, 2.75) is 51.4 Å². The number of hydrogen-bond donors (Lipinski definition) is 0. The zero-order valence-corrected chi connectivity index (χ0v) is 17.1. The minimum absolute atomic E-state index is 0.00270. The van der Waals surface area contributed by atoms with Crippen molar-refractivity contribution in [2.75, 3.05) is 13.1 Å². The van der Waals surface area contributed by atoms with E-state index in [4.69, 9.17) is 4.74 Å². The number of rotatable bonds is 3. The maximum Gasteiger partial charge on any atom is 0.416 e. The summed E-state index contributed by atoms with van der Waals surface area (Å²) in [5.74, 6) is 0. The molecule has 1 fully saturated rings. The molecule has 0 aliphatic carbocycles. The minimum atomic E-state index is -4.50. The van der Waals surface area contributed by atoms with Gasteiger partial charge in [-0.15, -0.1) is 0 Å². The number of ether oxygens (including phenoxy) is 1. The molecule has 0 N–H and O–H groups in total. The van der Waals surface area contributed by atoms with E-state index in [-0.39, 0.29) is 23.3 Å². The van der Waals surface area contributed by atoms with E-state index in [1.54, 1.807) is 15.8 Å². The number of alkyl halides is 3. The number of piperidine rings is 1. The molecule has 2 aromatic rings. The van der Waals surface area contributed by atoms with E-state index in [1.807, 2.05) is 20.8 Å². The number of carbonyl (C=O) groups excluding carboxylic acids is 2. The number of halogens is 3. The summed E-state index contributed by atoms with van der Waals surface area (Å²) < 4.78 is 46.3. The third-order valence-corrected chi connectivity index (χ3v) is 4.91. The molecule has 0 spiro atoms.